The quantitative estimate of drug-likeness (QED) is 0.660. The Labute approximate surface area is 176 Å². The molecule has 2 aliphatic rings. The standard InChI is InChI=1S/C21H18FN3O2S2/c1-13-20(21-24(2)19-15(22)8-6-9-16(19)28-21)29-17(25(13)12-18(26)27-3)11-14-7-4-5-10-23-14/h4-11H,1,12H2,2-3H3. The minimum atomic E-state index is -0.369. The van der Waals surface area contributed by atoms with Gasteiger partial charge in [-0.3, -0.25) is 9.78 Å². The molecule has 0 bridgehead atoms. The second kappa shape index (κ2) is 7.96. The van der Waals surface area contributed by atoms with Gasteiger partial charge in [-0.15, -0.1) is 0 Å². The first-order chi connectivity index (χ1) is 14.0. The van der Waals surface area contributed by atoms with Crippen LogP contribution in [0.2, 0.25) is 0 Å². The number of anilines is 1. The Morgan fingerprint density at radius 2 is 2.10 bits per heavy atom. The number of carbonyl (C=O) groups excluding carboxylic acids is 1. The van der Waals surface area contributed by atoms with Crippen molar-refractivity contribution in [3.05, 3.63) is 81.3 Å². The molecule has 0 N–H and O–H groups in total. The molecule has 2 aromatic rings. The number of hydrogen-bond donors (Lipinski definition) is 0. The molecule has 148 valence electrons. The summed E-state index contributed by atoms with van der Waals surface area (Å²) < 4.78 is 19.2. The Kier molecular flexibility index (Phi) is 5.38. The van der Waals surface area contributed by atoms with Crippen molar-refractivity contribution < 1.29 is 13.9 Å². The van der Waals surface area contributed by atoms with Crippen LogP contribution in [0.4, 0.5) is 10.1 Å². The fourth-order valence-electron chi connectivity index (χ4n) is 3.08. The number of esters is 1. The summed E-state index contributed by atoms with van der Waals surface area (Å²) in [5.41, 5.74) is 1.99. The summed E-state index contributed by atoms with van der Waals surface area (Å²) in [4.78, 5) is 21.7. The van der Waals surface area contributed by atoms with E-state index in [1.54, 1.807) is 17.2 Å². The Hall–Kier alpha value is -2.71. The molecule has 1 aromatic heterocycles. The molecule has 1 aromatic carbocycles. The van der Waals surface area contributed by atoms with Crippen LogP contribution in [0, 0.1) is 5.82 Å². The Balaban J connectivity index is 1.75. The number of carbonyl (C=O) groups is 1. The van der Waals surface area contributed by atoms with Gasteiger partial charge in [0.05, 0.1) is 39.2 Å². The van der Waals surface area contributed by atoms with E-state index in [4.69, 9.17) is 4.74 Å². The number of halogens is 1. The van der Waals surface area contributed by atoms with Crippen molar-refractivity contribution in [2.24, 2.45) is 0 Å². The van der Waals surface area contributed by atoms with Gasteiger partial charge in [-0.1, -0.05) is 42.2 Å². The maximum absolute atomic E-state index is 14.4. The lowest BCUT2D eigenvalue weighted by atomic mass is 10.3. The van der Waals surface area contributed by atoms with E-state index in [-0.39, 0.29) is 18.3 Å². The summed E-state index contributed by atoms with van der Waals surface area (Å²) in [6.45, 7) is 4.24. The number of methoxy groups -OCH3 is 1. The summed E-state index contributed by atoms with van der Waals surface area (Å²) in [6, 6.07) is 10.7. The average molecular weight is 428 g/mol. The van der Waals surface area contributed by atoms with Gasteiger partial charge in [0, 0.05) is 18.1 Å². The highest BCUT2D eigenvalue weighted by molar-refractivity contribution is 8.09. The van der Waals surface area contributed by atoms with Gasteiger partial charge in [0.2, 0.25) is 0 Å². The lowest BCUT2D eigenvalue weighted by Gasteiger charge is -2.19. The average Bonchev–Trinajstić information content (AvgIpc) is 3.21. The zero-order valence-corrected chi connectivity index (χ0v) is 17.5. The fraction of sp³-hybridized carbons (Fsp3) is 0.143. The maximum Gasteiger partial charge on any atom is 0.325 e. The second-order valence-corrected chi connectivity index (χ2v) is 8.39. The van der Waals surface area contributed by atoms with Crippen molar-refractivity contribution in [3.63, 3.8) is 0 Å². The van der Waals surface area contributed by atoms with E-state index in [0.29, 0.717) is 11.4 Å². The number of pyridine rings is 1. The first kappa shape index (κ1) is 19.6. The SMILES string of the molecule is C=C1C(=C2Sc3cccc(F)c3N2C)SC(=Cc2ccccn2)N1CC(=O)OC. The van der Waals surface area contributed by atoms with E-state index in [1.807, 2.05) is 42.3 Å². The van der Waals surface area contributed by atoms with Crippen LogP contribution in [0.3, 0.4) is 0 Å². The van der Waals surface area contributed by atoms with Gasteiger partial charge in [0.1, 0.15) is 12.4 Å². The number of ether oxygens (including phenoxy) is 1. The summed E-state index contributed by atoms with van der Waals surface area (Å²) in [7, 11) is 3.19. The smallest absolute Gasteiger partial charge is 0.325 e. The number of rotatable bonds is 3. The third-order valence-corrected chi connectivity index (χ3v) is 7.06. The number of hydrogen-bond acceptors (Lipinski definition) is 7. The number of nitrogens with zero attached hydrogens (tertiary/aromatic N) is 3. The first-order valence-electron chi connectivity index (χ1n) is 8.78. The van der Waals surface area contributed by atoms with Crippen LogP contribution in [-0.4, -0.2) is 36.6 Å². The van der Waals surface area contributed by atoms with Crippen molar-refractivity contribution in [1.82, 2.24) is 9.88 Å². The van der Waals surface area contributed by atoms with Crippen LogP contribution >= 0.6 is 23.5 Å². The van der Waals surface area contributed by atoms with Crippen LogP contribution in [-0.2, 0) is 9.53 Å². The van der Waals surface area contributed by atoms with Crippen molar-refractivity contribution >= 4 is 41.3 Å². The molecule has 0 unspecified atom stereocenters. The van der Waals surface area contributed by atoms with Crippen LogP contribution in [0.5, 0.6) is 0 Å². The van der Waals surface area contributed by atoms with Gasteiger partial charge in [-0.05, 0) is 30.3 Å². The molecule has 0 spiro atoms. The lowest BCUT2D eigenvalue weighted by molar-refractivity contribution is -0.140. The number of thioether (sulfide) groups is 2. The van der Waals surface area contributed by atoms with Gasteiger partial charge in [0.25, 0.3) is 0 Å². The molecule has 0 saturated carbocycles. The van der Waals surface area contributed by atoms with Crippen LogP contribution in [0.1, 0.15) is 5.69 Å². The molecule has 5 nitrogen and oxygen atoms in total. The summed E-state index contributed by atoms with van der Waals surface area (Å²) >= 11 is 2.98. The second-order valence-electron chi connectivity index (χ2n) is 6.33. The molecule has 2 aliphatic heterocycles. The molecule has 0 aliphatic carbocycles. The molecule has 29 heavy (non-hydrogen) atoms. The minimum Gasteiger partial charge on any atom is -0.468 e. The molecular weight excluding hydrogens is 409 g/mol. The Morgan fingerprint density at radius 1 is 1.28 bits per heavy atom. The molecule has 1 saturated heterocycles. The molecule has 3 heterocycles. The topological polar surface area (TPSA) is 45.7 Å². The molecule has 4 rings (SSSR count). The Morgan fingerprint density at radius 3 is 2.79 bits per heavy atom. The van der Waals surface area contributed by atoms with Gasteiger partial charge in [-0.25, -0.2) is 4.39 Å². The normalized spacial score (nSPS) is 19.8. The molecule has 0 radical (unpaired) electrons. The van der Waals surface area contributed by atoms with E-state index in [9.17, 15) is 9.18 Å². The number of benzene rings is 1. The van der Waals surface area contributed by atoms with E-state index >= 15 is 0 Å². The number of para-hydroxylation sites is 1. The largest absolute Gasteiger partial charge is 0.468 e. The van der Waals surface area contributed by atoms with Gasteiger partial charge < -0.3 is 14.5 Å². The predicted molar refractivity (Wildman–Crippen MR) is 115 cm³/mol. The molecule has 1 fully saturated rings. The van der Waals surface area contributed by atoms with Crippen LogP contribution in [0.15, 0.2) is 74.7 Å². The van der Waals surface area contributed by atoms with E-state index in [2.05, 4.69) is 11.6 Å². The highest BCUT2D eigenvalue weighted by Crippen LogP contribution is 2.54. The number of fused-ring (bicyclic) bond motifs is 1. The monoisotopic (exact) mass is 427 g/mol. The van der Waals surface area contributed by atoms with E-state index < -0.39 is 0 Å². The molecular formula is C21H18FN3O2S2. The van der Waals surface area contributed by atoms with E-state index in [0.717, 1.165) is 25.6 Å². The van der Waals surface area contributed by atoms with Crippen LogP contribution in [0.25, 0.3) is 6.08 Å². The summed E-state index contributed by atoms with van der Waals surface area (Å²) in [5, 5.41) is 1.69. The summed E-state index contributed by atoms with van der Waals surface area (Å²) in [6.07, 6.45) is 3.62. The third kappa shape index (κ3) is 3.65. The fourth-order valence-corrected chi connectivity index (χ4v) is 5.58. The molecule has 8 heteroatoms. The van der Waals surface area contributed by atoms with Crippen molar-refractivity contribution in [1.29, 1.82) is 0 Å². The van der Waals surface area contributed by atoms with E-state index in [1.165, 1.54) is 36.7 Å². The summed E-state index contributed by atoms with van der Waals surface area (Å²) in [5.74, 6) is -0.635. The maximum atomic E-state index is 14.4. The number of aromatic nitrogens is 1. The minimum absolute atomic E-state index is 0.0352. The van der Waals surface area contributed by atoms with Crippen molar-refractivity contribution in [2.75, 3.05) is 25.6 Å². The molecule has 0 atom stereocenters. The van der Waals surface area contributed by atoms with Gasteiger partial charge >= 0.3 is 5.97 Å². The van der Waals surface area contributed by atoms with Crippen molar-refractivity contribution in [2.45, 2.75) is 4.90 Å². The van der Waals surface area contributed by atoms with Crippen LogP contribution < -0.4 is 4.90 Å². The zero-order chi connectivity index (χ0) is 20.5. The third-order valence-electron chi connectivity index (χ3n) is 4.53. The predicted octanol–water partition coefficient (Wildman–Crippen LogP) is 4.67. The highest BCUT2D eigenvalue weighted by Gasteiger charge is 2.36. The highest BCUT2D eigenvalue weighted by atomic mass is 32.2. The van der Waals surface area contributed by atoms with Crippen molar-refractivity contribution in [3.8, 4) is 0 Å². The zero-order valence-electron chi connectivity index (χ0n) is 15.9. The Bertz CT molecular complexity index is 1050. The molecule has 0 amide bonds. The lowest BCUT2D eigenvalue weighted by Crippen LogP contribution is -2.25. The first-order valence-corrected chi connectivity index (χ1v) is 10.4. The van der Waals surface area contributed by atoms with Gasteiger partial charge in [0.15, 0.2) is 0 Å². The van der Waals surface area contributed by atoms with Gasteiger partial charge in [-0.2, -0.15) is 0 Å².